The average Bonchev–Trinajstić information content (AvgIpc) is 2.39. The summed E-state index contributed by atoms with van der Waals surface area (Å²) >= 11 is 0. The third-order valence-corrected chi connectivity index (χ3v) is 3.48. The van der Waals surface area contributed by atoms with E-state index >= 15 is 0 Å². The molecule has 0 saturated carbocycles. The van der Waals surface area contributed by atoms with Gasteiger partial charge in [0.15, 0.2) is 0 Å². The van der Waals surface area contributed by atoms with Gasteiger partial charge in [-0.25, -0.2) is 0 Å². The van der Waals surface area contributed by atoms with E-state index in [0.29, 0.717) is 12.1 Å². The monoisotopic (exact) mass is 263 g/mol. The van der Waals surface area contributed by atoms with E-state index in [9.17, 15) is 9.90 Å². The largest absolute Gasteiger partial charge is 0.481 e. The first kappa shape index (κ1) is 15.5. The zero-order chi connectivity index (χ0) is 14.1. The lowest BCUT2D eigenvalue weighted by molar-refractivity contribution is -0.139. The summed E-state index contributed by atoms with van der Waals surface area (Å²) in [5.74, 6) is -1.13. The first-order valence-corrected chi connectivity index (χ1v) is 7.23. The quantitative estimate of drug-likeness (QED) is 0.518. The van der Waals surface area contributed by atoms with Crippen molar-refractivity contribution in [1.29, 1.82) is 0 Å². The number of carbonyl (C=O) groups is 1. The number of nitrogens with two attached hydrogens (primary N) is 1. The molecule has 1 aromatic rings. The standard InChI is InChI=1S/C16H25NO2/c1-2-3-4-5-6-7-8-15(16(18)19)13-9-11-14(17)12-10-13/h9-12,15H,2-8,17H2,1H3,(H,18,19). The number of carboxylic acids is 1. The molecule has 0 amide bonds. The van der Waals surface area contributed by atoms with Gasteiger partial charge in [-0.1, -0.05) is 57.6 Å². The molecule has 19 heavy (non-hydrogen) atoms. The minimum atomic E-state index is -0.738. The summed E-state index contributed by atoms with van der Waals surface area (Å²) in [5, 5.41) is 9.31. The summed E-state index contributed by atoms with van der Waals surface area (Å²) in [4.78, 5) is 11.3. The van der Waals surface area contributed by atoms with Gasteiger partial charge in [0.2, 0.25) is 0 Å². The second kappa shape index (κ2) is 8.57. The van der Waals surface area contributed by atoms with E-state index in [1.54, 1.807) is 12.1 Å². The van der Waals surface area contributed by atoms with Crippen LogP contribution in [-0.4, -0.2) is 11.1 Å². The Morgan fingerprint density at radius 3 is 2.26 bits per heavy atom. The highest BCUT2D eigenvalue weighted by Crippen LogP contribution is 2.24. The number of benzene rings is 1. The van der Waals surface area contributed by atoms with Gasteiger partial charge < -0.3 is 10.8 Å². The molecular formula is C16H25NO2. The van der Waals surface area contributed by atoms with Crippen molar-refractivity contribution in [3.8, 4) is 0 Å². The SMILES string of the molecule is CCCCCCCCC(C(=O)O)c1ccc(N)cc1. The molecule has 0 heterocycles. The van der Waals surface area contributed by atoms with Crippen molar-refractivity contribution >= 4 is 11.7 Å². The predicted molar refractivity (Wildman–Crippen MR) is 79.2 cm³/mol. The highest BCUT2D eigenvalue weighted by molar-refractivity contribution is 5.76. The van der Waals surface area contributed by atoms with Gasteiger partial charge in [-0.2, -0.15) is 0 Å². The van der Waals surface area contributed by atoms with Crippen LogP contribution in [0.2, 0.25) is 0 Å². The van der Waals surface area contributed by atoms with Crippen molar-refractivity contribution in [2.75, 3.05) is 5.73 Å². The summed E-state index contributed by atoms with van der Waals surface area (Å²) in [5.41, 5.74) is 7.15. The molecular weight excluding hydrogens is 238 g/mol. The Morgan fingerprint density at radius 2 is 1.68 bits per heavy atom. The van der Waals surface area contributed by atoms with Crippen LogP contribution in [0.5, 0.6) is 0 Å². The van der Waals surface area contributed by atoms with E-state index in [1.165, 1.54) is 25.7 Å². The predicted octanol–water partition coefficient (Wildman–Crippen LogP) is 4.19. The Morgan fingerprint density at radius 1 is 1.11 bits per heavy atom. The summed E-state index contributed by atoms with van der Waals surface area (Å²) in [6.45, 7) is 2.20. The van der Waals surface area contributed by atoms with Crippen LogP contribution in [0.4, 0.5) is 5.69 Å². The molecule has 3 nitrogen and oxygen atoms in total. The number of hydrogen-bond donors (Lipinski definition) is 2. The molecule has 0 bridgehead atoms. The fourth-order valence-electron chi connectivity index (χ4n) is 2.29. The first-order chi connectivity index (χ1) is 9.15. The van der Waals surface area contributed by atoms with Gasteiger partial charge in [0, 0.05) is 5.69 Å². The van der Waals surface area contributed by atoms with Crippen LogP contribution in [0, 0.1) is 0 Å². The normalized spacial score (nSPS) is 12.3. The lowest BCUT2D eigenvalue weighted by atomic mass is 9.93. The number of unbranched alkanes of at least 4 members (excludes halogenated alkanes) is 5. The maximum Gasteiger partial charge on any atom is 0.310 e. The van der Waals surface area contributed by atoms with Crippen molar-refractivity contribution in [3.05, 3.63) is 29.8 Å². The minimum absolute atomic E-state index is 0.397. The van der Waals surface area contributed by atoms with Crippen LogP contribution in [-0.2, 0) is 4.79 Å². The smallest absolute Gasteiger partial charge is 0.310 e. The van der Waals surface area contributed by atoms with Crippen molar-refractivity contribution < 1.29 is 9.90 Å². The Kier molecular flexibility index (Phi) is 7.01. The molecule has 0 saturated heterocycles. The van der Waals surface area contributed by atoms with E-state index in [4.69, 9.17) is 5.73 Å². The lowest BCUT2D eigenvalue weighted by Crippen LogP contribution is -2.11. The van der Waals surface area contributed by atoms with Crippen molar-refractivity contribution in [3.63, 3.8) is 0 Å². The van der Waals surface area contributed by atoms with Crippen LogP contribution in [0.1, 0.15) is 63.4 Å². The van der Waals surface area contributed by atoms with Crippen LogP contribution in [0.15, 0.2) is 24.3 Å². The van der Waals surface area contributed by atoms with Crippen LogP contribution in [0.25, 0.3) is 0 Å². The fraction of sp³-hybridized carbons (Fsp3) is 0.562. The Labute approximate surface area is 115 Å². The number of anilines is 1. The van der Waals surface area contributed by atoms with Crippen LogP contribution >= 0.6 is 0 Å². The molecule has 0 aliphatic carbocycles. The van der Waals surface area contributed by atoms with Crippen molar-refractivity contribution in [1.82, 2.24) is 0 Å². The molecule has 3 N–H and O–H groups in total. The van der Waals surface area contributed by atoms with E-state index in [2.05, 4.69) is 6.92 Å². The minimum Gasteiger partial charge on any atom is -0.481 e. The second-order valence-electron chi connectivity index (χ2n) is 5.11. The van der Waals surface area contributed by atoms with Gasteiger partial charge in [-0.05, 0) is 24.1 Å². The molecule has 0 fully saturated rings. The molecule has 1 atom stereocenters. The van der Waals surface area contributed by atoms with Gasteiger partial charge in [-0.15, -0.1) is 0 Å². The zero-order valence-corrected chi connectivity index (χ0v) is 11.8. The highest BCUT2D eigenvalue weighted by Gasteiger charge is 2.18. The maximum atomic E-state index is 11.3. The van der Waals surface area contributed by atoms with Crippen molar-refractivity contribution in [2.24, 2.45) is 0 Å². The summed E-state index contributed by atoms with van der Waals surface area (Å²) < 4.78 is 0. The summed E-state index contributed by atoms with van der Waals surface area (Å²) in [6.07, 6.45) is 7.80. The third kappa shape index (κ3) is 5.77. The number of nitrogen functional groups attached to an aromatic ring is 1. The Hall–Kier alpha value is -1.51. The number of rotatable bonds is 9. The molecule has 0 aromatic heterocycles. The average molecular weight is 263 g/mol. The molecule has 0 spiro atoms. The Balaban J connectivity index is 2.41. The Bertz CT molecular complexity index is 373. The van der Waals surface area contributed by atoms with Gasteiger partial charge in [0.1, 0.15) is 0 Å². The van der Waals surface area contributed by atoms with E-state index in [-0.39, 0.29) is 0 Å². The molecule has 1 rings (SSSR count). The topological polar surface area (TPSA) is 63.3 Å². The molecule has 1 unspecified atom stereocenters. The van der Waals surface area contributed by atoms with Crippen molar-refractivity contribution in [2.45, 2.75) is 57.8 Å². The van der Waals surface area contributed by atoms with Gasteiger partial charge in [0.05, 0.1) is 5.92 Å². The highest BCUT2D eigenvalue weighted by atomic mass is 16.4. The van der Waals surface area contributed by atoms with E-state index in [1.807, 2.05) is 12.1 Å². The van der Waals surface area contributed by atoms with E-state index in [0.717, 1.165) is 18.4 Å². The van der Waals surface area contributed by atoms with Crippen LogP contribution < -0.4 is 5.73 Å². The second-order valence-corrected chi connectivity index (χ2v) is 5.11. The van der Waals surface area contributed by atoms with Gasteiger partial charge >= 0.3 is 5.97 Å². The van der Waals surface area contributed by atoms with Gasteiger partial charge in [-0.3, -0.25) is 4.79 Å². The molecule has 1 aromatic carbocycles. The van der Waals surface area contributed by atoms with E-state index < -0.39 is 11.9 Å². The number of carboxylic acid groups (broad SMARTS) is 1. The lowest BCUT2D eigenvalue weighted by Gasteiger charge is -2.12. The van der Waals surface area contributed by atoms with Gasteiger partial charge in [0.25, 0.3) is 0 Å². The zero-order valence-electron chi connectivity index (χ0n) is 11.8. The molecule has 0 aliphatic heterocycles. The summed E-state index contributed by atoms with van der Waals surface area (Å²) in [6, 6.07) is 7.19. The number of hydrogen-bond acceptors (Lipinski definition) is 2. The molecule has 0 aliphatic rings. The molecule has 0 radical (unpaired) electrons. The molecule has 3 heteroatoms. The fourth-order valence-corrected chi connectivity index (χ4v) is 2.29. The number of aliphatic carboxylic acids is 1. The summed E-state index contributed by atoms with van der Waals surface area (Å²) in [7, 11) is 0. The first-order valence-electron chi connectivity index (χ1n) is 7.23. The third-order valence-electron chi connectivity index (χ3n) is 3.48. The van der Waals surface area contributed by atoms with Crippen LogP contribution in [0.3, 0.4) is 0 Å². The molecule has 106 valence electrons. The maximum absolute atomic E-state index is 11.3.